The molecule has 0 aromatic heterocycles. The Hall–Kier alpha value is -0.330. The number of carbonyl (C=O) groups is 1. The molecule has 2 fully saturated rings. The molecule has 0 saturated heterocycles. The minimum Gasteiger partial charge on any atom is -0.299 e. The molecule has 3 unspecified atom stereocenters. The Morgan fingerprint density at radius 1 is 1.36 bits per heavy atom. The van der Waals surface area contributed by atoms with E-state index < -0.39 is 0 Å². The van der Waals surface area contributed by atoms with E-state index in [1.54, 1.807) is 0 Å². The molecule has 2 aliphatic carbocycles. The van der Waals surface area contributed by atoms with Crippen molar-refractivity contribution in [3.05, 3.63) is 0 Å². The predicted molar refractivity (Wildman–Crippen MR) is 44.2 cm³/mol. The van der Waals surface area contributed by atoms with Gasteiger partial charge in [-0.3, -0.25) is 4.79 Å². The molecular weight excluding hydrogens is 136 g/mol. The van der Waals surface area contributed by atoms with Crippen LogP contribution in [0.4, 0.5) is 0 Å². The zero-order chi connectivity index (χ0) is 8.06. The fourth-order valence-corrected chi connectivity index (χ4v) is 2.97. The topological polar surface area (TPSA) is 17.1 Å². The molecule has 0 N–H and O–H groups in total. The smallest absolute Gasteiger partial charge is 0.139 e. The van der Waals surface area contributed by atoms with Crippen LogP contribution in [0, 0.1) is 17.3 Å². The van der Waals surface area contributed by atoms with Crippen LogP contribution < -0.4 is 0 Å². The summed E-state index contributed by atoms with van der Waals surface area (Å²) in [7, 11) is 0. The number of Topliss-reactive ketones (excluding diaryl/α,β-unsaturated/α-hetero) is 1. The molecule has 2 saturated carbocycles. The summed E-state index contributed by atoms with van der Waals surface area (Å²) in [5.74, 6) is 1.90. The van der Waals surface area contributed by atoms with Gasteiger partial charge in [-0.25, -0.2) is 0 Å². The van der Waals surface area contributed by atoms with Gasteiger partial charge in [0.1, 0.15) is 5.78 Å². The van der Waals surface area contributed by atoms with E-state index in [0.717, 1.165) is 12.3 Å². The maximum Gasteiger partial charge on any atom is 0.139 e. The largest absolute Gasteiger partial charge is 0.299 e. The van der Waals surface area contributed by atoms with Crippen LogP contribution in [0.25, 0.3) is 0 Å². The molecule has 2 aliphatic rings. The number of hydrogen-bond acceptors (Lipinski definition) is 1. The van der Waals surface area contributed by atoms with Gasteiger partial charge in [-0.15, -0.1) is 0 Å². The standard InChI is InChI=1S/C10H16O/c1-7-3-4-8-5-6-9(11)10(7,8)2/h7-8H,3-6H2,1-2H3. The zero-order valence-electron chi connectivity index (χ0n) is 7.39. The number of fused-ring (bicyclic) bond motifs is 1. The molecule has 3 atom stereocenters. The molecule has 0 aromatic rings. The van der Waals surface area contributed by atoms with Gasteiger partial charge in [-0.1, -0.05) is 13.8 Å². The fraction of sp³-hybridized carbons (Fsp3) is 0.900. The van der Waals surface area contributed by atoms with Gasteiger partial charge in [0.25, 0.3) is 0 Å². The molecule has 0 radical (unpaired) electrons. The molecule has 62 valence electrons. The Balaban J connectivity index is 2.34. The molecule has 0 amide bonds. The summed E-state index contributed by atoms with van der Waals surface area (Å²) in [5.41, 5.74) is 0.0833. The lowest BCUT2D eigenvalue weighted by molar-refractivity contribution is -0.127. The average molecular weight is 152 g/mol. The lowest BCUT2D eigenvalue weighted by Crippen LogP contribution is -2.29. The number of hydrogen-bond donors (Lipinski definition) is 0. The Labute approximate surface area is 68.2 Å². The minimum absolute atomic E-state index is 0.0833. The number of ketones is 1. The predicted octanol–water partition coefficient (Wildman–Crippen LogP) is 2.40. The van der Waals surface area contributed by atoms with Crippen LogP contribution in [0.5, 0.6) is 0 Å². The molecular formula is C10H16O. The zero-order valence-corrected chi connectivity index (χ0v) is 7.39. The minimum atomic E-state index is 0.0833. The van der Waals surface area contributed by atoms with Crippen molar-refractivity contribution in [3.8, 4) is 0 Å². The highest BCUT2D eigenvalue weighted by molar-refractivity contribution is 5.87. The molecule has 0 aromatic carbocycles. The van der Waals surface area contributed by atoms with E-state index in [1.165, 1.54) is 19.3 Å². The fourth-order valence-electron chi connectivity index (χ4n) is 2.97. The van der Waals surface area contributed by atoms with Crippen LogP contribution in [0.1, 0.15) is 39.5 Å². The lowest BCUT2D eigenvalue weighted by Gasteiger charge is -2.26. The van der Waals surface area contributed by atoms with Gasteiger partial charge in [-0.2, -0.15) is 0 Å². The van der Waals surface area contributed by atoms with E-state index in [9.17, 15) is 4.79 Å². The van der Waals surface area contributed by atoms with Crippen LogP contribution in [0.15, 0.2) is 0 Å². The highest BCUT2D eigenvalue weighted by Crippen LogP contribution is 2.54. The molecule has 0 aliphatic heterocycles. The van der Waals surface area contributed by atoms with Crippen LogP contribution in [-0.4, -0.2) is 5.78 Å². The molecule has 0 spiro atoms. The third-order valence-corrected chi connectivity index (χ3v) is 4.14. The van der Waals surface area contributed by atoms with Crippen molar-refractivity contribution in [3.63, 3.8) is 0 Å². The quantitative estimate of drug-likeness (QED) is 0.521. The first-order chi connectivity index (χ1) is 5.15. The van der Waals surface area contributed by atoms with Crippen LogP contribution in [0.3, 0.4) is 0 Å². The van der Waals surface area contributed by atoms with Crippen LogP contribution in [0.2, 0.25) is 0 Å². The van der Waals surface area contributed by atoms with Gasteiger partial charge in [0, 0.05) is 11.8 Å². The van der Waals surface area contributed by atoms with Crippen molar-refractivity contribution in [1.29, 1.82) is 0 Å². The van der Waals surface area contributed by atoms with Crippen LogP contribution >= 0.6 is 0 Å². The summed E-state index contributed by atoms with van der Waals surface area (Å²) in [6.45, 7) is 4.42. The van der Waals surface area contributed by atoms with Crippen LogP contribution in [-0.2, 0) is 4.79 Å². The second kappa shape index (κ2) is 2.09. The van der Waals surface area contributed by atoms with E-state index in [2.05, 4.69) is 13.8 Å². The third-order valence-electron chi connectivity index (χ3n) is 4.14. The maximum absolute atomic E-state index is 11.6. The second-order valence-corrected chi connectivity index (χ2v) is 4.42. The Morgan fingerprint density at radius 3 is 2.73 bits per heavy atom. The first-order valence-electron chi connectivity index (χ1n) is 4.69. The second-order valence-electron chi connectivity index (χ2n) is 4.42. The Morgan fingerprint density at radius 2 is 2.09 bits per heavy atom. The van der Waals surface area contributed by atoms with E-state index in [4.69, 9.17) is 0 Å². The summed E-state index contributed by atoms with van der Waals surface area (Å²) in [6.07, 6.45) is 4.58. The maximum atomic E-state index is 11.6. The molecule has 0 heterocycles. The average Bonchev–Trinajstić information content (AvgIpc) is 2.40. The van der Waals surface area contributed by atoms with Crippen molar-refractivity contribution in [1.82, 2.24) is 0 Å². The molecule has 0 bridgehead atoms. The van der Waals surface area contributed by atoms with E-state index in [-0.39, 0.29) is 5.41 Å². The van der Waals surface area contributed by atoms with Crippen molar-refractivity contribution in [2.75, 3.05) is 0 Å². The summed E-state index contributed by atoms with van der Waals surface area (Å²) in [4.78, 5) is 11.6. The monoisotopic (exact) mass is 152 g/mol. The molecule has 2 rings (SSSR count). The van der Waals surface area contributed by atoms with E-state index in [1.807, 2.05) is 0 Å². The Bertz CT molecular complexity index is 197. The third kappa shape index (κ3) is 0.743. The van der Waals surface area contributed by atoms with Crippen molar-refractivity contribution in [2.45, 2.75) is 39.5 Å². The summed E-state index contributed by atoms with van der Waals surface area (Å²) >= 11 is 0. The lowest BCUT2D eigenvalue weighted by atomic mass is 9.76. The SMILES string of the molecule is CC1CCC2CCC(=O)C12C. The van der Waals surface area contributed by atoms with Gasteiger partial charge in [0.15, 0.2) is 0 Å². The highest BCUT2D eigenvalue weighted by atomic mass is 16.1. The number of rotatable bonds is 0. The van der Waals surface area contributed by atoms with Gasteiger partial charge >= 0.3 is 0 Å². The first kappa shape index (κ1) is 7.33. The van der Waals surface area contributed by atoms with Gasteiger partial charge in [0.05, 0.1) is 0 Å². The molecule has 1 nitrogen and oxygen atoms in total. The van der Waals surface area contributed by atoms with Crippen molar-refractivity contribution >= 4 is 5.78 Å². The molecule has 11 heavy (non-hydrogen) atoms. The normalized spacial score (nSPS) is 49.8. The van der Waals surface area contributed by atoms with Gasteiger partial charge in [0.2, 0.25) is 0 Å². The Kier molecular flexibility index (Phi) is 1.39. The first-order valence-corrected chi connectivity index (χ1v) is 4.69. The summed E-state index contributed by atoms with van der Waals surface area (Å²) < 4.78 is 0. The van der Waals surface area contributed by atoms with E-state index >= 15 is 0 Å². The summed E-state index contributed by atoms with van der Waals surface area (Å²) in [5, 5.41) is 0. The van der Waals surface area contributed by atoms with Crippen molar-refractivity contribution < 1.29 is 4.79 Å². The van der Waals surface area contributed by atoms with Gasteiger partial charge in [-0.05, 0) is 31.1 Å². The van der Waals surface area contributed by atoms with Gasteiger partial charge < -0.3 is 0 Å². The molecule has 1 heteroatoms. The highest BCUT2D eigenvalue weighted by Gasteiger charge is 2.52. The van der Waals surface area contributed by atoms with Crippen molar-refractivity contribution in [2.24, 2.45) is 17.3 Å². The van der Waals surface area contributed by atoms with E-state index in [0.29, 0.717) is 11.7 Å². The summed E-state index contributed by atoms with van der Waals surface area (Å²) in [6, 6.07) is 0. The number of carbonyl (C=O) groups excluding carboxylic acids is 1.